The Hall–Kier alpha value is -4.04. The molecule has 570 valence electrons. The molecule has 0 fully saturated rings. The van der Waals surface area contributed by atoms with Gasteiger partial charge in [-0.05, 0) is 205 Å². The van der Waals surface area contributed by atoms with Crippen molar-refractivity contribution in [3.8, 4) is 0 Å². The number of hydrogen-bond acceptors (Lipinski definition) is 12. The standard InChI is InChI=1S/C84H154N4O10/c1-9-17-21-39-53-75(13-5)95-79(89)57-43-31-25-28-35-47-67-87(68-48-36-29-26-32-44-58-80(90)96-76(14-6)54-40-22-18-10-2)71-51-65-85-83(93)73-61-63-74(64-62-73)84(94)86-66-52-72-88(70-50-38-34-46-60-82(92)98-78(16-8)56-42-24-20-12-4)69-49-37-30-27-33-45-59-81(91)97-77(15-7)55-41-23-19-11-3/h61-64,75-78H,9-60,65-72H2,1-8H3,(H,85,93)(H,86,94). The van der Waals surface area contributed by atoms with Crippen LogP contribution in [0.5, 0.6) is 0 Å². The molecule has 1 rings (SSSR count). The smallest absolute Gasteiger partial charge is 0.306 e. The van der Waals surface area contributed by atoms with Crippen molar-refractivity contribution in [3.63, 3.8) is 0 Å². The van der Waals surface area contributed by atoms with Crippen LogP contribution in [-0.4, -0.2) is 122 Å². The summed E-state index contributed by atoms with van der Waals surface area (Å²) < 4.78 is 23.3. The van der Waals surface area contributed by atoms with Gasteiger partial charge in [0, 0.05) is 49.9 Å². The van der Waals surface area contributed by atoms with Crippen molar-refractivity contribution in [2.75, 3.05) is 52.4 Å². The first-order chi connectivity index (χ1) is 47.9. The van der Waals surface area contributed by atoms with E-state index in [-0.39, 0.29) is 60.1 Å². The van der Waals surface area contributed by atoms with Gasteiger partial charge in [0.25, 0.3) is 11.8 Å². The van der Waals surface area contributed by atoms with Crippen molar-refractivity contribution in [2.24, 2.45) is 0 Å². The van der Waals surface area contributed by atoms with E-state index in [1.54, 1.807) is 24.3 Å². The van der Waals surface area contributed by atoms with E-state index >= 15 is 0 Å². The molecule has 0 aliphatic heterocycles. The van der Waals surface area contributed by atoms with Crippen LogP contribution >= 0.6 is 0 Å². The molecule has 0 spiro atoms. The molecule has 0 heterocycles. The minimum Gasteiger partial charge on any atom is -0.462 e. The number of carbonyl (C=O) groups is 6. The lowest BCUT2D eigenvalue weighted by Crippen LogP contribution is -2.32. The van der Waals surface area contributed by atoms with Gasteiger partial charge in [-0.2, -0.15) is 0 Å². The van der Waals surface area contributed by atoms with Crippen LogP contribution in [0.2, 0.25) is 0 Å². The number of nitrogens with one attached hydrogen (secondary N) is 2. The Balaban J connectivity index is 2.70. The largest absolute Gasteiger partial charge is 0.462 e. The average molecular weight is 1380 g/mol. The zero-order valence-corrected chi connectivity index (χ0v) is 65.0. The third kappa shape index (κ3) is 54.7. The fourth-order valence-corrected chi connectivity index (χ4v) is 13.1. The highest BCUT2D eigenvalue weighted by Crippen LogP contribution is 2.20. The lowest BCUT2D eigenvalue weighted by Gasteiger charge is -2.22. The first-order valence-corrected chi connectivity index (χ1v) is 41.7. The van der Waals surface area contributed by atoms with Crippen LogP contribution in [0.1, 0.15) is 410 Å². The Kier molecular flexibility index (Phi) is 63.3. The second-order valence-corrected chi connectivity index (χ2v) is 28.7. The van der Waals surface area contributed by atoms with Crippen molar-refractivity contribution in [1.82, 2.24) is 20.4 Å². The van der Waals surface area contributed by atoms with Crippen molar-refractivity contribution in [2.45, 2.75) is 414 Å². The second-order valence-electron chi connectivity index (χ2n) is 28.7. The number of carbonyl (C=O) groups excluding carboxylic acids is 6. The lowest BCUT2D eigenvalue weighted by atomic mass is 10.1. The average Bonchev–Trinajstić information content (AvgIpc) is 0.927. The van der Waals surface area contributed by atoms with E-state index in [0.29, 0.717) is 49.9 Å². The maximum atomic E-state index is 13.4. The van der Waals surface area contributed by atoms with E-state index in [1.807, 2.05) is 0 Å². The number of amides is 2. The van der Waals surface area contributed by atoms with Crippen LogP contribution in [0.3, 0.4) is 0 Å². The number of rotatable bonds is 72. The molecule has 1 aromatic carbocycles. The lowest BCUT2D eigenvalue weighted by molar-refractivity contribution is -0.150. The summed E-state index contributed by atoms with van der Waals surface area (Å²) in [5, 5.41) is 6.27. The van der Waals surface area contributed by atoms with E-state index in [2.05, 4.69) is 75.8 Å². The van der Waals surface area contributed by atoms with Crippen LogP contribution in [0.4, 0.5) is 0 Å². The molecule has 14 heteroatoms. The Morgan fingerprint density at radius 1 is 0.276 bits per heavy atom. The maximum absolute atomic E-state index is 13.4. The number of benzene rings is 1. The fourth-order valence-electron chi connectivity index (χ4n) is 13.1. The third-order valence-corrected chi connectivity index (χ3v) is 19.7. The van der Waals surface area contributed by atoms with Crippen molar-refractivity contribution in [1.29, 1.82) is 0 Å². The topological polar surface area (TPSA) is 170 Å². The normalized spacial score (nSPS) is 12.8. The number of unbranched alkanes of at least 4 members (excludes halogenated alkanes) is 30. The summed E-state index contributed by atoms with van der Waals surface area (Å²) >= 11 is 0. The monoisotopic (exact) mass is 1380 g/mol. The van der Waals surface area contributed by atoms with Gasteiger partial charge in [-0.1, -0.05) is 222 Å². The molecule has 4 unspecified atom stereocenters. The van der Waals surface area contributed by atoms with E-state index in [0.717, 1.165) is 270 Å². The Morgan fingerprint density at radius 3 is 0.704 bits per heavy atom. The molecule has 0 aliphatic carbocycles. The van der Waals surface area contributed by atoms with Gasteiger partial charge < -0.3 is 39.4 Å². The van der Waals surface area contributed by atoms with Crippen LogP contribution in [-0.2, 0) is 38.1 Å². The second kappa shape index (κ2) is 67.4. The molecule has 4 atom stereocenters. The van der Waals surface area contributed by atoms with Gasteiger partial charge in [0.1, 0.15) is 24.4 Å². The van der Waals surface area contributed by atoms with E-state index < -0.39 is 0 Å². The van der Waals surface area contributed by atoms with Crippen molar-refractivity contribution < 1.29 is 47.7 Å². The number of esters is 4. The molecule has 14 nitrogen and oxygen atoms in total. The summed E-state index contributed by atoms with van der Waals surface area (Å²) in [7, 11) is 0. The summed E-state index contributed by atoms with van der Waals surface area (Å²) in [5.74, 6) is -0.445. The van der Waals surface area contributed by atoms with Gasteiger partial charge >= 0.3 is 23.9 Å². The van der Waals surface area contributed by atoms with Gasteiger partial charge in [0.2, 0.25) is 0 Å². The van der Waals surface area contributed by atoms with Crippen molar-refractivity contribution in [3.05, 3.63) is 35.4 Å². The summed E-state index contributed by atoms with van der Waals surface area (Å²) in [4.78, 5) is 82.2. The summed E-state index contributed by atoms with van der Waals surface area (Å²) in [6.45, 7) is 24.3. The summed E-state index contributed by atoms with van der Waals surface area (Å²) in [6.07, 6.45) is 54.0. The van der Waals surface area contributed by atoms with Crippen LogP contribution < -0.4 is 10.6 Å². The molecule has 0 saturated carbocycles. The van der Waals surface area contributed by atoms with Gasteiger partial charge in [0.15, 0.2) is 0 Å². The molecule has 0 saturated heterocycles. The minimum atomic E-state index is -0.138. The predicted octanol–water partition coefficient (Wildman–Crippen LogP) is 21.8. The molecule has 2 amide bonds. The van der Waals surface area contributed by atoms with Crippen molar-refractivity contribution >= 4 is 35.7 Å². The number of ether oxygens (including phenoxy) is 4. The molecule has 0 aliphatic rings. The summed E-state index contributed by atoms with van der Waals surface area (Å²) in [6, 6.07) is 6.99. The van der Waals surface area contributed by atoms with E-state index in [4.69, 9.17) is 18.9 Å². The molecule has 0 radical (unpaired) electrons. The molecule has 0 aromatic heterocycles. The van der Waals surface area contributed by atoms with E-state index in [9.17, 15) is 28.8 Å². The highest BCUT2D eigenvalue weighted by atomic mass is 16.6. The highest BCUT2D eigenvalue weighted by molar-refractivity contribution is 5.97. The van der Waals surface area contributed by atoms with Gasteiger partial charge in [0.05, 0.1) is 0 Å². The summed E-state index contributed by atoms with van der Waals surface area (Å²) in [5.41, 5.74) is 1.08. The highest BCUT2D eigenvalue weighted by Gasteiger charge is 2.18. The Bertz CT molecular complexity index is 1990. The van der Waals surface area contributed by atoms with E-state index in [1.165, 1.54) is 77.0 Å². The quantitative estimate of drug-likeness (QED) is 0.0360. The van der Waals surface area contributed by atoms with Crippen LogP contribution in [0.15, 0.2) is 24.3 Å². The fraction of sp³-hybridized carbons (Fsp3) is 0.857. The Labute approximate surface area is 602 Å². The predicted molar refractivity (Wildman–Crippen MR) is 409 cm³/mol. The van der Waals surface area contributed by atoms with Gasteiger partial charge in [-0.15, -0.1) is 0 Å². The van der Waals surface area contributed by atoms with Crippen LogP contribution in [0.25, 0.3) is 0 Å². The zero-order valence-electron chi connectivity index (χ0n) is 65.0. The SMILES string of the molecule is CCCCCCC(CC)OC(=O)CCCCCCCCN(CCCCCCCCC(=O)OC(CC)CCCCCC)CCCNC(=O)c1ccc(C(=O)NCCCN(CCCCCCCCC(=O)OC(CC)CCCCCC)CCCCCCC(=O)OC(CC)CCCCCC)cc1. The van der Waals surface area contributed by atoms with Gasteiger partial charge in [-0.25, -0.2) is 0 Å². The molecule has 1 aromatic rings. The maximum Gasteiger partial charge on any atom is 0.306 e. The van der Waals surface area contributed by atoms with Crippen LogP contribution in [0, 0.1) is 0 Å². The first kappa shape index (κ1) is 92.0. The molecule has 0 bridgehead atoms. The molecular formula is C84H154N4O10. The third-order valence-electron chi connectivity index (χ3n) is 19.7. The first-order valence-electron chi connectivity index (χ1n) is 41.7. The Morgan fingerprint density at radius 2 is 0.480 bits per heavy atom. The molecule has 98 heavy (non-hydrogen) atoms. The molecule has 2 N–H and O–H groups in total. The van der Waals surface area contributed by atoms with Gasteiger partial charge in [-0.3, -0.25) is 28.8 Å². The zero-order chi connectivity index (χ0) is 71.6. The molecular weight excluding hydrogens is 1220 g/mol. The number of nitrogens with zero attached hydrogens (tertiary/aromatic N) is 2. The minimum absolute atomic E-state index is 0.0383. The number of hydrogen-bond donors (Lipinski definition) is 2.